The van der Waals surface area contributed by atoms with Gasteiger partial charge in [-0.2, -0.15) is 0 Å². The molecule has 1 amide bonds. The molecule has 0 saturated heterocycles. The number of rotatable bonds is 3. The Morgan fingerprint density at radius 2 is 1.77 bits per heavy atom. The second kappa shape index (κ2) is 8.68. The lowest BCUT2D eigenvalue weighted by Gasteiger charge is -2.22. The number of carboxylic acid groups (broad SMARTS) is 1. The molecule has 1 N–H and O–H groups in total. The van der Waals surface area contributed by atoms with Crippen LogP contribution in [-0.4, -0.2) is 26.3 Å². The summed E-state index contributed by atoms with van der Waals surface area (Å²) in [5, 5.41) is 9.00. The summed E-state index contributed by atoms with van der Waals surface area (Å²) >= 11 is 1.29. The molecule has 30 heavy (non-hydrogen) atoms. The van der Waals surface area contributed by atoms with Crippen LogP contribution in [0.25, 0.3) is 6.08 Å². The van der Waals surface area contributed by atoms with Gasteiger partial charge in [0.25, 0.3) is 5.91 Å². The molecule has 0 fully saturated rings. The number of aromatic carboxylic acids is 1. The lowest BCUT2D eigenvalue weighted by atomic mass is 10.1. The predicted molar refractivity (Wildman–Crippen MR) is 116 cm³/mol. The van der Waals surface area contributed by atoms with Crippen molar-refractivity contribution >= 4 is 29.9 Å². The van der Waals surface area contributed by atoms with Gasteiger partial charge in [0, 0.05) is 34.8 Å². The molecule has 6 heteroatoms. The monoisotopic (exact) mass is 412 g/mol. The molecule has 146 valence electrons. The molecule has 0 spiro atoms. The first-order chi connectivity index (χ1) is 14.6. The maximum atomic E-state index is 12.8. The molecule has 1 aromatic heterocycles. The Hall–Kier alpha value is -3.82. The number of pyridine rings is 1. The maximum Gasteiger partial charge on any atom is 0.335 e. The van der Waals surface area contributed by atoms with Crippen molar-refractivity contribution in [1.29, 1.82) is 0 Å². The molecule has 2 heterocycles. The number of benzene rings is 2. The summed E-state index contributed by atoms with van der Waals surface area (Å²) < 4.78 is 1.51. The normalized spacial score (nSPS) is 11.9. The van der Waals surface area contributed by atoms with Crippen molar-refractivity contribution in [2.75, 3.05) is 0 Å². The van der Waals surface area contributed by atoms with E-state index in [-0.39, 0.29) is 11.5 Å². The van der Waals surface area contributed by atoms with Crippen LogP contribution in [0.1, 0.15) is 37.5 Å². The Morgan fingerprint density at radius 1 is 1.03 bits per heavy atom. The molecule has 4 rings (SSSR count). The van der Waals surface area contributed by atoms with Crippen molar-refractivity contribution in [1.82, 2.24) is 9.29 Å². The number of amides is 1. The summed E-state index contributed by atoms with van der Waals surface area (Å²) in [6.07, 6.45) is 5.89. The highest BCUT2D eigenvalue weighted by atomic mass is 32.2. The highest BCUT2D eigenvalue weighted by Crippen LogP contribution is 2.33. The molecule has 0 radical (unpaired) electrons. The lowest BCUT2D eigenvalue weighted by Crippen LogP contribution is -2.20. The lowest BCUT2D eigenvalue weighted by molar-refractivity contribution is 0.0696. The zero-order chi connectivity index (χ0) is 20.9. The van der Waals surface area contributed by atoms with Gasteiger partial charge in [0.1, 0.15) is 5.69 Å². The van der Waals surface area contributed by atoms with E-state index in [1.807, 2.05) is 42.5 Å². The minimum absolute atomic E-state index is 0.142. The zero-order valence-corrected chi connectivity index (χ0v) is 16.6. The van der Waals surface area contributed by atoms with E-state index in [9.17, 15) is 9.59 Å². The topological polar surface area (TPSA) is 70.5 Å². The van der Waals surface area contributed by atoms with E-state index in [0.717, 1.165) is 16.0 Å². The van der Waals surface area contributed by atoms with E-state index in [0.29, 0.717) is 17.7 Å². The van der Waals surface area contributed by atoms with Crippen molar-refractivity contribution in [3.63, 3.8) is 0 Å². The Kier molecular flexibility index (Phi) is 5.64. The maximum absolute atomic E-state index is 12.8. The first kappa shape index (κ1) is 19.5. The van der Waals surface area contributed by atoms with E-state index < -0.39 is 5.97 Å². The molecule has 1 aliphatic heterocycles. The van der Waals surface area contributed by atoms with Crippen LogP contribution in [0.2, 0.25) is 0 Å². The second-order valence-corrected chi connectivity index (χ2v) is 7.51. The fourth-order valence-electron chi connectivity index (χ4n) is 2.83. The number of hydrogen-bond acceptors (Lipinski definition) is 4. The van der Waals surface area contributed by atoms with Crippen LogP contribution in [-0.2, 0) is 6.42 Å². The van der Waals surface area contributed by atoms with Gasteiger partial charge in [0.05, 0.1) is 5.56 Å². The van der Waals surface area contributed by atoms with Gasteiger partial charge in [-0.1, -0.05) is 36.3 Å². The van der Waals surface area contributed by atoms with Gasteiger partial charge >= 0.3 is 5.97 Å². The van der Waals surface area contributed by atoms with Gasteiger partial charge in [-0.3, -0.25) is 9.10 Å². The van der Waals surface area contributed by atoms with Crippen LogP contribution >= 0.6 is 11.9 Å². The molecule has 0 aliphatic carbocycles. The highest BCUT2D eigenvalue weighted by molar-refractivity contribution is 7.97. The molecule has 3 aromatic rings. The average Bonchev–Trinajstić information content (AvgIpc) is 2.79. The van der Waals surface area contributed by atoms with Crippen LogP contribution < -0.4 is 0 Å². The number of hydrogen-bond donors (Lipinski definition) is 1. The van der Waals surface area contributed by atoms with Crippen molar-refractivity contribution in [3.05, 3.63) is 101 Å². The van der Waals surface area contributed by atoms with E-state index >= 15 is 0 Å². The minimum atomic E-state index is -1.02. The number of aromatic nitrogens is 1. The standard InChI is InChI=1S/C24H16N2O3S/c27-23(18-9-11-19(12-10-18)24(28)29)26-14-13-20-16-25-21(15-22(20)30-26)8-4-7-17-5-2-1-3-6-17/h1-3,5-6,9-16H,7H2,(H,28,29). The summed E-state index contributed by atoms with van der Waals surface area (Å²) in [6, 6.07) is 17.7. The Morgan fingerprint density at radius 3 is 2.50 bits per heavy atom. The fourth-order valence-corrected chi connectivity index (χ4v) is 3.74. The molecular weight excluding hydrogens is 396 g/mol. The van der Waals surface area contributed by atoms with E-state index in [2.05, 4.69) is 16.8 Å². The summed E-state index contributed by atoms with van der Waals surface area (Å²) in [6.45, 7) is 0. The average molecular weight is 412 g/mol. The molecule has 2 aromatic carbocycles. The fraction of sp³-hybridized carbons (Fsp3) is 0.0417. The van der Waals surface area contributed by atoms with Crippen molar-refractivity contribution in [2.45, 2.75) is 11.3 Å². The number of fused-ring (bicyclic) bond motifs is 1. The molecule has 0 saturated carbocycles. The number of carboxylic acids is 1. The van der Waals surface area contributed by atoms with Crippen LogP contribution in [0.15, 0.2) is 78.0 Å². The molecular formula is C24H16N2O3S. The number of carbonyl (C=O) groups excluding carboxylic acids is 1. The quantitative estimate of drug-likeness (QED) is 0.506. The van der Waals surface area contributed by atoms with Crippen LogP contribution in [0.4, 0.5) is 0 Å². The molecule has 0 atom stereocenters. The van der Waals surface area contributed by atoms with E-state index in [1.165, 1.54) is 40.5 Å². The van der Waals surface area contributed by atoms with Crippen LogP contribution in [0, 0.1) is 11.8 Å². The van der Waals surface area contributed by atoms with Crippen molar-refractivity contribution < 1.29 is 14.7 Å². The summed E-state index contributed by atoms with van der Waals surface area (Å²) in [4.78, 5) is 29.0. The summed E-state index contributed by atoms with van der Waals surface area (Å²) in [5.41, 5.74) is 3.26. The summed E-state index contributed by atoms with van der Waals surface area (Å²) in [7, 11) is 0. The van der Waals surface area contributed by atoms with Gasteiger partial charge in [-0.25, -0.2) is 9.78 Å². The predicted octanol–water partition coefficient (Wildman–Crippen LogP) is 4.51. The number of nitrogens with zero attached hydrogens (tertiary/aromatic N) is 2. The smallest absolute Gasteiger partial charge is 0.335 e. The third kappa shape index (κ3) is 4.43. The van der Waals surface area contributed by atoms with Crippen LogP contribution in [0.3, 0.4) is 0 Å². The number of carbonyl (C=O) groups is 2. The van der Waals surface area contributed by atoms with E-state index in [4.69, 9.17) is 5.11 Å². The second-order valence-electron chi connectivity index (χ2n) is 6.49. The van der Waals surface area contributed by atoms with Gasteiger partial charge in [0.15, 0.2) is 0 Å². The molecule has 1 aliphatic rings. The van der Waals surface area contributed by atoms with Gasteiger partial charge in [0.2, 0.25) is 0 Å². The third-order valence-corrected chi connectivity index (χ3v) is 5.45. The molecule has 5 nitrogen and oxygen atoms in total. The Labute approximate surface area is 178 Å². The largest absolute Gasteiger partial charge is 0.478 e. The van der Waals surface area contributed by atoms with Crippen molar-refractivity contribution in [3.8, 4) is 11.8 Å². The minimum Gasteiger partial charge on any atom is -0.478 e. The summed E-state index contributed by atoms with van der Waals surface area (Å²) in [5.74, 6) is 4.96. The Balaban J connectivity index is 1.48. The van der Waals surface area contributed by atoms with Crippen LogP contribution in [0.5, 0.6) is 0 Å². The van der Waals surface area contributed by atoms with Gasteiger partial charge in [-0.15, -0.1) is 0 Å². The molecule has 0 bridgehead atoms. The molecule has 0 unspecified atom stereocenters. The van der Waals surface area contributed by atoms with Crippen molar-refractivity contribution in [2.24, 2.45) is 0 Å². The highest BCUT2D eigenvalue weighted by Gasteiger charge is 2.20. The Bertz CT molecular complexity index is 1190. The van der Waals surface area contributed by atoms with E-state index in [1.54, 1.807) is 12.4 Å². The zero-order valence-electron chi connectivity index (χ0n) is 15.8. The third-order valence-electron chi connectivity index (χ3n) is 4.41. The van der Waals surface area contributed by atoms with Gasteiger partial charge in [-0.05, 0) is 59.8 Å². The SMILES string of the molecule is O=C(O)c1ccc(C(=O)N2C=Cc3cnc(C#CCc4ccccc4)cc3S2)cc1. The first-order valence-electron chi connectivity index (χ1n) is 9.16. The van der Waals surface area contributed by atoms with Gasteiger partial charge < -0.3 is 5.11 Å². The first-order valence-corrected chi connectivity index (χ1v) is 9.93.